The molecule has 3 aromatic rings. The van der Waals surface area contributed by atoms with Crippen molar-refractivity contribution >= 4 is 39.2 Å². The minimum absolute atomic E-state index is 0.0998. The number of amides is 1. The first-order valence-electron chi connectivity index (χ1n) is 11.0. The SMILES string of the molecule is COCCCn1c(SCC(=O)NC2(C#N)CCCC2)nc2sc(-c3ccccc3)cc2c1=O. The lowest BCUT2D eigenvalue weighted by Gasteiger charge is -2.21. The van der Waals surface area contributed by atoms with Crippen LogP contribution in [0.15, 0.2) is 46.3 Å². The lowest BCUT2D eigenvalue weighted by atomic mass is 10.0. The van der Waals surface area contributed by atoms with Gasteiger partial charge in [0.1, 0.15) is 10.4 Å². The van der Waals surface area contributed by atoms with Gasteiger partial charge in [-0.2, -0.15) is 5.26 Å². The Labute approximate surface area is 200 Å². The number of nitriles is 1. The van der Waals surface area contributed by atoms with E-state index in [1.807, 2.05) is 36.4 Å². The number of hydrogen-bond acceptors (Lipinski definition) is 7. The topological polar surface area (TPSA) is 97.0 Å². The number of fused-ring (bicyclic) bond motifs is 1. The number of ether oxygens (including phenoxy) is 1. The molecule has 0 radical (unpaired) electrons. The zero-order valence-electron chi connectivity index (χ0n) is 18.5. The molecule has 2 heterocycles. The van der Waals surface area contributed by atoms with Gasteiger partial charge in [0.15, 0.2) is 5.16 Å². The number of carbonyl (C=O) groups is 1. The van der Waals surface area contributed by atoms with E-state index in [9.17, 15) is 14.9 Å². The van der Waals surface area contributed by atoms with Gasteiger partial charge in [0.25, 0.3) is 5.56 Å². The van der Waals surface area contributed by atoms with E-state index < -0.39 is 5.54 Å². The van der Waals surface area contributed by atoms with E-state index in [-0.39, 0.29) is 17.2 Å². The lowest BCUT2D eigenvalue weighted by Crippen LogP contribution is -2.45. The standard InChI is InChI=1S/C24H26N4O3S2/c1-31-13-7-12-28-22(30)18-14-19(17-8-3-2-4-9-17)33-21(18)26-23(28)32-15-20(29)27-24(16-25)10-5-6-11-24/h2-4,8-9,14H,5-7,10-13,15H2,1H3,(H,27,29). The monoisotopic (exact) mass is 482 g/mol. The summed E-state index contributed by atoms with van der Waals surface area (Å²) < 4.78 is 6.79. The summed E-state index contributed by atoms with van der Waals surface area (Å²) in [4.78, 5) is 32.4. The first-order valence-corrected chi connectivity index (χ1v) is 12.8. The van der Waals surface area contributed by atoms with Crippen LogP contribution >= 0.6 is 23.1 Å². The molecule has 0 spiro atoms. The van der Waals surface area contributed by atoms with Crippen LogP contribution in [0.5, 0.6) is 0 Å². The summed E-state index contributed by atoms with van der Waals surface area (Å²) in [5, 5.41) is 13.5. The van der Waals surface area contributed by atoms with Crippen LogP contribution in [0.25, 0.3) is 20.7 Å². The van der Waals surface area contributed by atoms with Crippen molar-refractivity contribution in [1.82, 2.24) is 14.9 Å². The third-order valence-corrected chi connectivity index (χ3v) is 7.84. The van der Waals surface area contributed by atoms with Crippen LogP contribution in [0.2, 0.25) is 0 Å². The number of thioether (sulfide) groups is 1. The average molecular weight is 483 g/mol. The van der Waals surface area contributed by atoms with Crippen molar-refractivity contribution in [3.63, 3.8) is 0 Å². The summed E-state index contributed by atoms with van der Waals surface area (Å²) in [6.45, 7) is 0.983. The molecule has 0 aliphatic heterocycles. The zero-order valence-corrected chi connectivity index (χ0v) is 20.1. The summed E-state index contributed by atoms with van der Waals surface area (Å²) in [6.07, 6.45) is 3.92. The molecule has 4 rings (SSSR count). The highest BCUT2D eigenvalue weighted by atomic mass is 32.2. The molecule has 0 unspecified atom stereocenters. The Morgan fingerprint density at radius 3 is 2.79 bits per heavy atom. The Bertz CT molecular complexity index is 1220. The number of nitrogens with one attached hydrogen (secondary N) is 1. The van der Waals surface area contributed by atoms with Gasteiger partial charge in [-0.3, -0.25) is 14.2 Å². The molecule has 33 heavy (non-hydrogen) atoms. The number of rotatable bonds is 9. The van der Waals surface area contributed by atoms with E-state index in [0.717, 1.165) is 23.3 Å². The molecule has 2 aromatic heterocycles. The summed E-state index contributed by atoms with van der Waals surface area (Å²) in [5.41, 5.74) is 0.172. The van der Waals surface area contributed by atoms with Gasteiger partial charge in [-0.05, 0) is 43.7 Å². The fourth-order valence-corrected chi connectivity index (χ4v) is 6.00. The van der Waals surface area contributed by atoms with Gasteiger partial charge >= 0.3 is 0 Å². The second kappa shape index (κ2) is 10.5. The van der Waals surface area contributed by atoms with E-state index in [1.54, 1.807) is 11.7 Å². The molecule has 0 atom stereocenters. The van der Waals surface area contributed by atoms with Crippen LogP contribution in [-0.4, -0.2) is 40.5 Å². The van der Waals surface area contributed by atoms with Crippen LogP contribution in [0, 0.1) is 11.3 Å². The highest BCUT2D eigenvalue weighted by Gasteiger charge is 2.35. The van der Waals surface area contributed by atoms with Crippen molar-refractivity contribution < 1.29 is 9.53 Å². The van der Waals surface area contributed by atoms with Gasteiger partial charge in [-0.15, -0.1) is 11.3 Å². The summed E-state index contributed by atoms with van der Waals surface area (Å²) >= 11 is 2.71. The summed E-state index contributed by atoms with van der Waals surface area (Å²) in [5.74, 6) is -0.111. The number of aromatic nitrogens is 2. The van der Waals surface area contributed by atoms with Gasteiger partial charge in [0.2, 0.25) is 5.91 Å². The lowest BCUT2D eigenvalue weighted by molar-refractivity contribution is -0.119. The van der Waals surface area contributed by atoms with Gasteiger partial charge in [0.05, 0.1) is 17.2 Å². The molecule has 0 bridgehead atoms. The number of nitrogens with zero attached hydrogens (tertiary/aromatic N) is 3. The number of benzene rings is 1. The van der Waals surface area contributed by atoms with Crippen molar-refractivity contribution in [2.75, 3.05) is 19.5 Å². The van der Waals surface area contributed by atoms with Crippen molar-refractivity contribution in [3.8, 4) is 16.5 Å². The number of hydrogen-bond donors (Lipinski definition) is 1. The smallest absolute Gasteiger partial charge is 0.262 e. The maximum absolute atomic E-state index is 13.3. The highest BCUT2D eigenvalue weighted by Crippen LogP contribution is 2.32. The third-order valence-electron chi connectivity index (χ3n) is 5.79. The van der Waals surface area contributed by atoms with Crippen LogP contribution in [0.3, 0.4) is 0 Å². The number of thiophene rings is 1. The molecule has 1 N–H and O–H groups in total. The largest absolute Gasteiger partial charge is 0.385 e. The molecule has 1 saturated carbocycles. The van der Waals surface area contributed by atoms with Crippen LogP contribution in [-0.2, 0) is 16.1 Å². The molecule has 1 amide bonds. The Hall–Kier alpha value is -2.67. The number of carbonyl (C=O) groups excluding carboxylic acids is 1. The highest BCUT2D eigenvalue weighted by molar-refractivity contribution is 7.99. The van der Waals surface area contributed by atoms with E-state index in [1.165, 1.54) is 23.1 Å². The molecule has 9 heteroatoms. The van der Waals surface area contributed by atoms with E-state index in [4.69, 9.17) is 9.72 Å². The quantitative estimate of drug-likeness (QED) is 0.279. The van der Waals surface area contributed by atoms with Crippen molar-refractivity contribution in [3.05, 3.63) is 46.8 Å². The molecule has 1 aromatic carbocycles. The molecular weight excluding hydrogens is 456 g/mol. The fraction of sp³-hybridized carbons (Fsp3) is 0.417. The molecule has 1 aliphatic rings. The molecule has 7 nitrogen and oxygen atoms in total. The van der Waals surface area contributed by atoms with Crippen LogP contribution < -0.4 is 10.9 Å². The van der Waals surface area contributed by atoms with Gasteiger partial charge in [0, 0.05) is 25.1 Å². The van der Waals surface area contributed by atoms with Gasteiger partial charge in [-0.1, -0.05) is 42.1 Å². The number of methoxy groups -OCH3 is 1. The fourth-order valence-electron chi connectivity index (χ4n) is 4.09. The predicted molar refractivity (Wildman–Crippen MR) is 131 cm³/mol. The Morgan fingerprint density at radius 1 is 1.33 bits per heavy atom. The maximum Gasteiger partial charge on any atom is 0.262 e. The minimum atomic E-state index is -0.758. The normalized spacial score (nSPS) is 14.9. The van der Waals surface area contributed by atoms with E-state index in [0.29, 0.717) is 47.8 Å². The van der Waals surface area contributed by atoms with Gasteiger partial charge in [-0.25, -0.2) is 4.98 Å². The first-order chi connectivity index (χ1) is 16.0. The summed E-state index contributed by atoms with van der Waals surface area (Å²) in [6, 6.07) is 14.1. The molecule has 172 valence electrons. The predicted octanol–water partition coefficient (Wildman–Crippen LogP) is 4.21. The maximum atomic E-state index is 13.3. The van der Waals surface area contributed by atoms with Gasteiger partial charge < -0.3 is 10.1 Å². The molecular formula is C24H26N4O3S2. The van der Waals surface area contributed by atoms with Crippen molar-refractivity contribution in [1.29, 1.82) is 5.26 Å². The van der Waals surface area contributed by atoms with Crippen molar-refractivity contribution in [2.45, 2.75) is 49.3 Å². The molecule has 0 saturated heterocycles. The summed E-state index contributed by atoms with van der Waals surface area (Å²) in [7, 11) is 1.63. The van der Waals surface area contributed by atoms with Crippen LogP contribution in [0.1, 0.15) is 32.1 Å². The molecule has 1 fully saturated rings. The van der Waals surface area contributed by atoms with E-state index >= 15 is 0 Å². The molecule has 1 aliphatic carbocycles. The third kappa shape index (κ3) is 5.29. The average Bonchev–Trinajstić information content (AvgIpc) is 3.48. The van der Waals surface area contributed by atoms with Crippen LogP contribution in [0.4, 0.5) is 0 Å². The Balaban J connectivity index is 1.60. The second-order valence-corrected chi connectivity index (χ2v) is 10.1. The Kier molecular flexibility index (Phi) is 7.48. The minimum Gasteiger partial charge on any atom is -0.385 e. The second-order valence-electron chi connectivity index (χ2n) is 8.13. The first kappa shape index (κ1) is 23.5. The Morgan fingerprint density at radius 2 is 2.09 bits per heavy atom. The zero-order chi connectivity index (χ0) is 23.3. The van der Waals surface area contributed by atoms with Crippen molar-refractivity contribution in [2.24, 2.45) is 0 Å². The van der Waals surface area contributed by atoms with E-state index in [2.05, 4.69) is 11.4 Å².